The van der Waals surface area contributed by atoms with E-state index in [9.17, 15) is 19.2 Å². The minimum Gasteiger partial charge on any atom is -0.469 e. The van der Waals surface area contributed by atoms with Gasteiger partial charge in [-0.15, -0.1) is 0 Å². The summed E-state index contributed by atoms with van der Waals surface area (Å²) < 4.78 is 7.10. The molecule has 186 valence electrons. The van der Waals surface area contributed by atoms with Crippen molar-refractivity contribution in [2.24, 2.45) is 5.92 Å². The highest BCUT2D eigenvalue weighted by atomic mass is 32.2. The van der Waals surface area contributed by atoms with E-state index in [1.165, 1.54) is 27.5 Å². The normalized spacial score (nSPS) is 20.6. The molecule has 4 heterocycles. The van der Waals surface area contributed by atoms with Gasteiger partial charge in [0.25, 0.3) is 0 Å². The molecule has 37 heavy (non-hydrogen) atoms. The van der Waals surface area contributed by atoms with Crippen LogP contribution in [0.15, 0.2) is 87.2 Å². The van der Waals surface area contributed by atoms with Gasteiger partial charge in [-0.3, -0.25) is 23.7 Å². The Morgan fingerprint density at radius 2 is 1.73 bits per heavy atom. The van der Waals surface area contributed by atoms with Gasteiger partial charge in [0.05, 0.1) is 33.7 Å². The third-order valence-corrected chi connectivity index (χ3v) is 9.15. The second kappa shape index (κ2) is 9.20. The van der Waals surface area contributed by atoms with Crippen molar-refractivity contribution < 1.29 is 18.8 Å². The maximum Gasteiger partial charge on any atom is 0.308 e. The number of carbonyl (C=O) groups is 3. The lowest BCUT2D eigenvalue weighted by molar-refractivity contribution is -0.122. The van der Waals surface area contributed by atoms with E-state index in [0.29, 0.717) is 27.0 Å². The Morgan fingerprint density at radius 3 is 2.43 bits per heavy atom. The number of imide groups is 1. The number of rotatable bonds is 5. The number of hydrogen-bond donors (Lipinski definition) is 1. The zero-order valence-electron chi connectivity index (χ0n) is 19.6. The standard InChI is InChI=1S/C27H21N3O5S2/c1-15-9-11-17(12-10-15)30-24(32)21-20(18-8-5-13-35-18)23-26(36-22(21)25(30)33)29(27(34)37-23)14-19(31)28-16-6-3-2-4-7-16/h2-13,20-22H,14H2,1H3,(H,28,31). The Balaban J connectivity index is 1.39. The monoisotopic (exact) mass is 531 g/mol. The number of thioether (sulfide) groups is 1. The molecule has 6 rings (SSSR count). The molecule has 2 aromatic heterocycles. The van der Waals surface area contributed by atoms with E-state index < -0.39 is 17.1 Å². The highest BCUT2D eigenvalue weighted by Crippen LogP contribution is 2.53. The molecule has 3 unspecified atom stereocenters. The molecule has 10 heteroatoms. The first-order valence-electron chi connectivity index (χ1n) is 11.7. The first-order chi connectivity index (χ1) is 17.9. The molecule has 8 nitrogen and oxygen atoms in total. The molecule has 1 saturated heterocycles. The number of anilines is 2. The van der Waals surface area contributed by atoms with Gasteiger partial charge in [0, 0.05) is 5.69 Å². The molecular formula is C27H21N3O5S2. The summed E-state index contributed by atoms with van der Waals surface area (Å²) in [5.74, 6) is -1.87. The van der Waals surface area contributed by atoms with E-state index in [2.05, 4.69) is 5.32 Å². The van der Waals surface area contributed by atoms with E-state index in [0.717, 1.165) is 16.9 Å². The molecule has 2 aliphatic rings. The first-order valence-corrected chi connectivity index (χ1v) is 13.3. The number of thiazole rings is 1. The number of fused-ring (bicyclic) bond motifs is 2. The van der Waals surface area contributed by atoms with Gasteiger partial charge >= 0.3 is 4.87 Å². The topological polar surface area (TPSA) is 102 Å². The van der Waals surface area contributed by atoms with Crippen LogP contribution in [0, 0.1) is 12.8 Å². The third-order valence-electron chi connectivity index (χ3n) is 6.55. The van der Waals surface area contributed by atoms with Crippen LogP contribution in [0.5, 0.6) is 0 Å². The smallest absolute Gasteiger partial charge is 0.308 e. The Bertz CT molecular complexity index is 1560. The van der Waals surface area contributed by atoms with Gasteiger partial charge in [-0.2, -0.15) is 0 Å². The average Bonchev–Trinajstić information content (AvgIpc) is 3.58. The van der Waals surface area contributed by atoms with Crippen molar-refractivity contribution in [2.45, 2.75) is 29.7 Å². The zero-order valence-corrected chi connectivity index (χ0v) is 21.3. The lowest BCUT2D eigenvalue weighted by atomic mass is 9.87. The number of aromatic nitrogens is 1. The second-order valence-electron chi connectivity index (χ2n) is 8.94. The Morgan fingerprint density at radius 1 is 0.973 bits per heavy atom. The van der Waals surface area contributed by atoms with Crippen LogP contribution in [-0.4, -0.2) is 27.5 Å². The molecule has 4 aromatic rings. The van der Waals surface area contributed by atoms with Gasteiger partial charge in [-0.05, 0) is 43.3 Å². The fourth-order valence-electron chi connectivity index (χ4n) is 4.84. The third kappa shape index (κ3) is 4.02. The molecule has 0 bridgehead atoms. The second-order valence-corrected chi connectivity index (χ2v) is 11.1. The van der Waals surface area contributed by atoms with Crippen LogP contribution >= 0.6 is 23.1 Å². The maximum atomic E-state index is 13.7. The summed E-state index contributed by atoms with van der Waals surface area (Å²) in [5.41, 5.74) is 2.15. The predicted octanol–water partition coefficient (Wildman–Crippen LogP) is 4.25. The molecular weight excluding hydrogens is 510 g/mol. The van der Waals surface area contributed by atoms with Crippen molar-refractivity contribution in [2.75, 3.05) is 10.2 Å². The van der Waals surface area contributed by atoms with Crippen LogP contribution in [-0.2, 0) is 20.9 Å². The minimum atomic E-state index is -0.756. The van der Waals surface area contributed by atoms with Crippen molar-refractivity contribution >= 4 is 52.2 Å². The van der Waals surface area contributed by atoms with E-state index in [1.807, 2.05) is 25.1 Å². The number of furan rings is 1. The van der Waals surface area contributed by atoms with E-state index in [-0.39, 0.29) is 29.1 Å². The average molecular weight is 532 g/mol. The molecule has 0 spiro atoms. The van der Waals surface area contributed by atoms with Gasteiger partial charge in [-0.1, -0.05) is 59.0 Å². The fourth-order valence-corrected chi connectivity index (χ4v) is 7.60. The number of carbonyl (C=O) groups excluding carboxylic acids is 3. The van der Waals surface area contributed by atoms with Crippen LogP contribution in [0.3, 0.4) is 0 Å². The zero-order chi connectivity index (χ0) is 25.7. The number of hydrogen-bond acceptors (Lipinski definition) is 7. The van der Waals surface area contributed by atoms with Gasteiger partial charge in [0.1, 0.15) is 17.6 Å². The molecule has 1 N–H and O–H groups in total. The fraction of sp³-hybridized carbons (Fsp3) is 0.185. The Hall–Kier alpha value is -3.89. The van der Waals surface area contributed by atoms with Gasteiger partial charge in [0.15, 0.2) is 0 Å². The summed E-state index contributed by atoms with van der Waals surface area (Å²) >= 11 is 2.16. The first kappa shape index (κ1) is 23.5. The van der Waals surface area contributed by atoms with Crippen LogP contribution in [0.25, 0.3) is 0 Å². The number of nitrogens with one attached hydrogen (secondary N) is 1. The lowest BCUT2D eigenvalue weighted by Crippen LogP contribution is -2.32. The van der Waals surface area contributed by atoms with Crippen LogP contribution in [0.2, 0.25) is 0 Å². The quantitative estimate of drug-likeness (QED) is 0.387. The van der Waals surface area contributed by atoms with Crippen molar-refractivity contribution in [3.63, 3.8) is 0 Å². The molecule has 0 radical (unpaired) electrons. The Kier molecular flexibility index (Phi) is 5.85. The van der Waals surface area contributed by atoms with Crippen LogP contribution in [0.4, 0.5) is 11.4 Å². The number of benzene rings is 2. The summed E-state index contributed by atoms with van der Waals surface area (Å²) in [5, 5.41) is 2.56. The molecule has 2 aliphatic heterocycles. The van der Waals surface area contributed by atoms with Crippen molar-refractivity contribution in [3.8, 4) is 0 Å². The van der Waals surface area contributed by atoms with Crippen molar-refractivity contribution in [3.05, 3.63) is 98.9 Å². The van der Waals surface area contributed by atoms with Crippen LogP contribution in [0.1, 0.15) is 22.1 Å². The van der Waals surface area contributed by atoms with E-state index in [1.54, 1.807) is 48.5 Å². The number of nitrogens with zero attached hydrogens (tertiary/aromatic N) is 2. The van der Waals surface area contributed by atoms with Gasteiger partial charge in [-0.25, -0.2) is 4.90 Å². The van der Waals surface area contributed by atoms with Crippen molar-refractivity contribution in [1.29, 1.82) is 0 Å². The summed E-state index contributed by atoms with van der Waals surface area (Å²) in [6.45, 7) is 1.73. The lowest BCUT2D eigenvalue weighted by Gasteiger charge is -2.29. The number of aryl methyl sites for hydroxylation is 1. The summed E-state index contributed by atoms with van der Waals surface area (Å²) in [6, 6.07) is 19.7. The highest BCUT2D eigenvalue weighted by Gasteiger charge is 2.57. The molecule has 0 aliphatic carbocycles. The number of amides is 3. The summed E-state index contributed by atoms with van der Waals surface area (Å²) in [4.78, 5) is 54.8. The van der Waals surface area contributed by atoms with E-state index >= 15 is 0 Å². The van der Waals surface area contributed by atoms with Crippen LogP contribution < -0.4 is 15.1 Å². The minimum absolute atomic E-state index is 0.210. The molecule has 0 saturated carbocycles. The molecule has 3 amide bonds. The Labute approximate surface area is 219 Å². The van der Waals surface area contributed by atoms with Crippen molar-refractivity contribution in [1.82, 2.24) is 4.57 Å². The predicted molar refractivity (Wildman–Crippen MR) is 141 cm³/mol. The SMILES string of the molecule is Cc1ccc(N2C(=O)C3Sc4c(sc(=O)n4CC(=O)Nc4ccccc4)C(c4ccco4)C3C2=O)cc1. The van der Waals surface area contributed by atoms with E-state index in [4.69, 9.17) is 4.42 Å². The molecule has 2 aromatic carbocycles. The maximum absolute atomic E-state index is 13.7. The highest BCUT2D eigenvalue weighted by molar-refractivity contribution is 8.00. The molecule has 3 atom stereocenters. The molecule has 1 fully saturated rings. The summed E-state index contributed by atoms with van der Waals surface area (Å²) in [7, 11) is 0. The summed E-state index contributed by atoms with van der Waals surface area (Å²) in [6.07, 6.45) is 1.51. The number of para-hydroxylation sites is 1. The van der Waals surface area contributed by atoms with Gasteiger partial charge < -0.3 is 9.73 Å². The van der Waals surface area contributed by atoms with Gasteiger partial charge in [0.2, 0.25) is 17.7 Å². The largest absolute Gasteiger partial charge is 0.469 e.